The van der Waals surface area contributed by atoms with E-state index in [2.05, 4.69) is 15.4 Å². The maximum absolute atomic E-state index is 11.9. The van der Waals surface area contributed by atoms with Crippen LogP contribution in [0.2, 0.25) is 0 Å². The van der Waals surface area contributed by atoms with Crippen LogP contribution < -0.4 is 21.1 Å². The fourth-order valence-corrected chi connectivity index (χ4v) is 2.88. The maximum Gasteiger partial charge on any atom is 0.312 e. The quantitative estimate of drug-likeness (QED) is 0.601. The number of urea groups is 1. The molecule has 3 amide bonds. The summed E-state index contributed by atoms with van der Waals surface area (Å²) in [5.74, 6) is -0.463. The standard InChI is InChI=1S/C13H20N4O4S/c1-8(2)17-22(20,21)11-6-4-10(5-7-11)16-12(18)9(3)15-13(14)19/h4-9,17H,1-3H3,(H,16,18)(H3,14,15,19). The van der Waals surface area contributed by atoms with E-state index >= 15 is 0 Å². The molecule has 0 spiro atoms. The molecule has 1 atom stereocenters. The third kappa shape index (κ3) is 5.34. The van der Waals surface area contributed by atoms with E-state index in [1.54, 1.807) is 13.8 Å². The summed E-state index contributed by atoms with van der Waals surface area (Å²) in [7, 11) is -3.57. The Morgan fingerprint density at radius 2 is 1.64 bits per heavy atom. The van der Waals surface area contributed by atoms with Crippen LogP contribution in [0.1, 0.15) is 20.8 Å². The Kier molecular flexibility index (Phi) is 5.89. The number of benzene rings is 1. The molecule has 0 saturated carbocycles. The van der Waals surface area contributed by atoms with Crippen LogP contribution in [0.25, 0.3) is 0 Å². The molecule has 0 aliphatic carbocycles. The lowest BCUT2D eigenvalue weighted by molar-refractivity contribution is -0.117. The minimum absolute atomic E-state index is 0.0995. The first-order chi connectivity index (χ1) is 10.1. The molecule has 1 unspecified atom stereocenters. The third-order valence-corrected chi connectivity index (χ3v) is 4.25. The van der Waals surface area contributed by atoms with Crippen molar-refractivity contribution in [2.75, 3.05) is 5.32 Å². The Bertz CT molecular complexity index is 641. The number of anilines is 1. The van der Waals surface area contributed by atoms with E-state index in [1.807, 2.05) is 0 Å². The van der Waals surface area contributed by atoms with Gasteiger partial charge in [-0.05, 0) is 45.0 Å². The van der Waals surface area contributed by atoms with E-state index in [-0.39, 0.29) is 10.9 Å². The molecule has 0 heterocycles. The normalized spacial score (nSPS) is 12.7. The average Bonchev–Trinajstić information content (AvgIpc) is 2.36. The fourth-order valence-electron chi connectivity index (χ4n) is 1.63. The highest BCUT2D eigenvalue weighted by atomic mass is 32.2. The topological polar surface area (TPSA) is 130 Å². The molecule has 0 aromatic heterocycles. The summed E-state index contributed by atoms with van der Waals surface area (Å²) in [5, 5.41) is 4.78. The van der Waals surface area contributed by atoms with Gasteiger partial charge in [0, 0.05) is 11.7 Å². The molecule has 0 bridgehead atoms. The van der Waals surface area contributed by atoms with Crippen LogP contribution in [0.5, 0.6) is 0 Å². The number of nitrogens with one attached hydrogen (secondary N) is 3. The molecule has 1 rings (SSSR count). The van der Waals surface area contributed by atoms with Gasteiger partial charge in [-0.15, -0.1) is 0 Å². The van der Waals surface area contributed by atoms with Gasteiger partial charge >= 0.3 is 6.03 Å². The minimum Gasteiger partial charge on any atom is -0.352 e. The molecule has 22 heavy (non-hydrogen) atoms. The van der Waals surface area contributed by atoms with Crippen LogP contribution in [0.15, 0.2) is 29.2 Å². The number of amides is 3. The summed E-state index contributed by atoms with van der Waals surface area (Å²) in [6.45, 7) is 4.92. The Morgan fingerprint density at radius 1 is 1.09 bits per heavy atom. The molecule has 0 saturated heterocycles. The van der Waals surface area contributed by atoms with E-state index < -0.39 is 28.0 Å². The number of rotatable bonds is 6. The van der Waals surface area contributed by atoms with Crippen molar-refractivity contribution in [3.05, 3.63) is 24.3 Å². The predicted molar refractivity (Wildman–Crippen MR) is 82.7 cm³/mol. The van der Waals surface area contributed by atoms with Crippen LogP contribution in [0, 0.1) is 0 Å². The van der Waals surface area contributed by atoms with Gasteiger partial charge in [-0.2, -0.15) is 0 Å². The van der Waals surface area contributed by atoms with Crippen molar-refractivity contribution < 1.29 is 18.0 Å². The Hall–Kier alpha value is -2.13. The summed E-state index contributed by atoms with van der Waals surface area (Å²) in [5.41, 5.74) is 5.34. The van der Waals surface area contributed by atoms with Crippen LogP contribution >= 0.6 is 0 Å². The summed E-state index contributed by atoms with van der Waals surface area (Å²) < 4.78 is 26.4. The first kappa shape index (κ1) is 17.9. The summed E-state index contributed by atoms with van der Waals surface area (Å²) in [6.07, 6.45) is 0. The zero-order valence-electron chi connectivity index (χ0n) is 12.6. The van der Waals surface area contributed by atoms with Crippen LogP contribution in [-0.4, -0.2) is 32.4 Å². The molecular formula is C13H20N4O4S. The van der Waals surface area contributed by atoms with Gasteiger partial charge in [0.2, 0.25) is 15.9 Å². The number of carbonyl (C=O) groups is 2. The van der Waals surface area contributed by atoms with Gasteiger partial charge in [0.1, 0.15) is 6.04 Å². The second-order valence-electron chi connectivity index (χ2n) is 5.02. The SMILES string of the molecule is CC(C)NS(=O)(=O)c1ccc(NC(=O)C(C)NC(N)=O)cc1. The van der Waals surface area contributed by atoms with Crippen LogP contribution in [0.3, 0.4) is 0 Å². The summed E-state index contributed by atoms with van der Waals surface area (Å²) in [6, 6.07) is 3.87. The zero-order valence-corrected chi connectivity index (χ0v) is 13.4. The number of sulfonamides is 1. The zero-order chi connectivity index (χ0) is 16.9. The smallest absolute Gasteiger partial charge is 0.312 e. The van der Waals surface area contributed by atoms with Crippen molar-refractivity contribution in [2.45, 2.75) is 37.8 Å². The minimum atomic E-state index is -3.57. The van der Waals surface area contributed by atoms with Crippen molar-refractivity contribution in [2.24, 2.45) is 5.73 Å². The predicted octanol–water partition coefficient (Wildman–Crippen LogP) is 0.369. The number of carbonyl (C=O) groups excluding carboxylic acids is 2. The van der Waals surface area contributed by atoms with E-state index in [1.165, 1.54) is 31.2 Å². The average molecular weight is 328 g/mol. The lowest BCUT2D eigenvalue weighted by Gasteiger charge is -2.13. The van der Waals surface area contributed by atoms with E-state index in [0.717, 1.165) is 0 Å². The highest BCUT2D eigenvalue weighted by Gasteiger charge is 2.17. The molecule has 9 heteroatoms. The first-order valence-electron chi connectivity index (χ1n) is 6.61. The van der Waals surface area contributed by atoms with Gasteiger partial charge in [-0.25, -0.2) is 17.9 Å². The van der Waals surface area contributed by atoms with Crippen molar-refractivity contribution in [1.82, 2.24) is 10.0 Å². The molecule has 122 valence electrons. The van der Waals surface area contributed by atoms with Crippen molar-refractivity contribution in [3.63, 3.8) is 0 Å². The highest BCUT2D eigenvalue weighted by Crippen LogP contribution is 2.14. The molecule has 0 aliphatic heterocycles. The molecule has 0 fully saturated rings. The molecule has 0 aliphatic rings. The van der Waals surface area contributed by atoms with E-state index in [4.69, 9.17) is 5.73 Å². The molecule has 8 nitrogen and oxygen atoms in total. The number of hydrogen-bond donors (Lipinski definition) is 4. The monoisotopic (exact) mass is 328 g/mol. The lowest BCUT2D eigenvalue weighted by atomic mass is 10.2. The Morgan fingerprint density at radius 3 is 2.09 bits per heavy atom. The lowest BCUT2D eigenvalue weighted by Crippen LogP contribution is -2.44. The van der Waals surface area contributed by atoms with E-state index in [9.17, 15) is 18.0 Å². The van der Waals surface area contributed by atoms with Gasteiger partial charge in [0.15, 0.2) is 0 Å². The van der Waals surface area contributed by atoms with Gasteiger partial charge in [-0.3, -0.25) is 4.79 Å². The Labute approximate surface area is 129 Å². The molecule has 1 aromatic carbocycles. The van der Waals surface area contributed by atoms with Crippen molar-refractivity contribution in [1.29, 1.82) is 0 Å². The molecule has 5 N–H and O–H groups in total. The summed E-state index contributed by atoms with van der Waals surface area (Å²) >= 11 is 0. The van der Waals surface area contributed by atoms with Crippen LogP contribution in [-0.2, 0) is 14.8 Å². The van der Waals surface area contributed by atoms with Crippen molar-refractivity contribution in [3.8, 4) is 0 Å². The first-order valence-corrected chi connectivity index (χ1v) is 8.09. The third-order valence-electron chi connectivity index (χ3n) is 2.58. The molecular weight excluding hydrogens is 308 g/mol. The largest absolute Gasteiger partial charge is 0.352 e. The van der Waals surface area contributed by atoms with E-state index in [0.29, 0.717) is 5.69 Å². The second-order valence-corrected chi connectivity index (χ2v) is 6.73. The maximum atomic E-state index is 11.9. The number of primary amides is 1. The number of nitrogens with two attached hydrogens (primary N) is 1. The van der Waals surface area contributed by atoms with Gasteiger partial charge in [0.05, 0.1) is 4.90 Å². The highest BCUT2D eigenvalue weighted by molar-refractivity contribution is 7.89. The number of hydrogen-bond acceptors (Lipinski definition) is 4. The molecule has 0 radical (unpaired) electrons. The molecule has 1 aromatic rings. The van der Waals surface area contributed by atoms with Gasteiger partial charge in [-0.1, -0.05) is 0 Å². The van der Waals surface area contributed by atoms with Gasteiger partial charge < -0.3 is 16.4 Å². The van der Waals surface area contributed by atoms with Crippen LogP contribution in [0.4, 0.5) is 10.5 Å². The fraction of sp³-hybridized carbons (Fsp3) is 0.385. The second kappa shape index (κ2) is 7.23. The summed E-state index contributed by atoms with van der Waals surface area (Å²) in [4.78, 5) is 22.5. The Balaban J connectivity index is 2.77. The van der Waals surface area contributed by atoms with Gasteiger partial charge in [0.25, 0.3) is 0 Å². The van der Waals surface area contributed by atoms with Crippen molar-refractivity contribution >= 4 is 27.6 Å².